The van der Waals surface area contributed by atoms with Crippen molar-refractivity contribution in [2.75, 3.05) is 6.26 Å². The summed E-state index contributed by atoms with van der Waals surface area (Å²) in [6, 6.07) is 9.55. The van der Waals surface area contributed by atoms with Crippen molar-refractivity contribution in [3.63, 3.8) is 0 Å². The molecule has 0 aliphatic heterocycles. The van der Waals surface area contributed by atoms with E-state index in [1.807, 2.05) is 31.2 Å². The largest absolute Gasteiger partial charge is 0.247 e. The standard InChI is InChI=1S/C13H14N2O2S/c1-9-4-6-11(7-5-9)12-8-10(2)14-13(15-12)18(3,16)17/h4-8H,1-3H3. The normalized spacial score (nSPS) is 11.5. The molecule has 1 aromatic heterocycles. The third-order valence-corrected chi connectivity index (χ3v) is 3.36. The highest BCUT2D eigenvalue weighted by atomic mass is 32.2. The van der Waals surface area contributed by atoms with Crippen molar-refractivity contribution in [3.8, 4) is 11.3 Å². The molecule has 0 radical (unpaired) electrons. The molecule has 1 aromatic carbocycles. The van der Waals surface area contributed by atoms with Crippen LogP contribution in [0.15, 0.2) is 35.5 Å². The predicted molar refractivity (Wildman–Crippen MR) is 70.1 cm³/mol. The molecule has 2 rings (SSSR count). The maximum Gasteiger partial charge on any atom is 0.247 e. The molecule has 0 unspecified atom stereocenters. The van der Waals surface area contributed by atoms with E-state index in [2.05, 4.69) is 9.97 Å². The van der Waals surface area contributed by atoms with Crippen LogP contribution in [0.3, 0.4) is 0 Å². The number of aryl methyl sites for hydroxylation is 2. The van der Waals surface area contributed by atoms with Crippen LogP contribution in [0.25, 0.3) is 11.3 Å². The lowest BCUT2D eigenvalue weighted by Crippen LogP contribution is -2.06. The quantitative estimate of drug-likeness (QED) is 0.778. The number of benzene rings is 1. The van der Waals surface area contributed by atoms with Crippen molar-refractivity contribution >= 4 is 9.84 Å². The fraction of sp³-hybridized carbons (Fsp3) is 0.231. The van der Waals surface area contributed by atoms with Crippen LogP contribution in [-0.2, 0) is 9.84 Å². The summed E-state index contributed by atoms with van der Waals surface area (Å²) in [5.74, 6) is 0. The van der Waals surface area contributed by atoms with Crippen molar-refractivity contribution in [3.05, 3.63) is 41.6 Å². The summed E-state index contributed by atoms with van der Waals surface area (Å²) < 4.78 is 23.0. The maximum absolute atomic E-state index is 11.5. The molecule has 18 heavy (non-hydrogen) atoms. The number of hydrogen-bond donors (Lipinski definition) is 0. The molecule has 0 fully saturated rings. The van der Waals surface area contributed by atoms with Crippen LogP contribution in [0.1, 0.15) is 11.3 Å². The second-order valence-electron chi connectivity index (χ2n) is 4.32. The molecule has 0 bridgehead atoms. The monoisotopic (exact) mass is 262 g/mol. The van der Waals surface area contributed by atoms with Gasteiger partial charge < -0.3 is 0 Å². The van der Waals surface area contributed by atoms with Gasteiger partial charge in [0, 0.05) is 17.5 Å². The van der Waals surface area contributed by atoms with Crippen LogP contribution < -0.4 is 0 Å². The van der Waals surface area contributed by atoms with Gasteiger partial charge in [-0.2, -0.15) is 0 Å². The van der Waals surface area contributed by atoms with Crippen molar-refractivity contribution < 1.29 is 8.42 Å². The van der Waals surface area contributed by atoms with E-state index in [0.717, 1.165) is 17.4 Å². The summed E-state index contributed by atoms with van der Waals surface area (Å²) in [4.78, 5) is 8.05. The zero-order valence-corrected chi connectivity index (χ0v) is 11.3. The minimum absolute atomic E-state index is 0.127. The van der Waals surface area contributed by atoms with Gasteiger partial charge in [-0.15, -0.1) is 0 Å². The molecular formula is C13H14N2O2S. The summed E-state index contributed by atoms with van der Waals surface area (Å²) >= 11 is 0. The van der Waals surface area contributed by atoms with E-state index >= 15 is 0 Å². The molecule has 94 valence electrons. The Kier molecular flexibility index (Phi) is 3.17. The van der Waals surface area contributed by atoms with Crippen LogP contribution >= 0.6 is 0 Å². The van der Waals surface area contributed by atoms with Gasteiger partial charge in [-0.1, -0.05) is 29.8 Å². The Balaban J connectivity index is 2.59. The first-order valence-electron chi connectivity index (χ1n) is 5.49. The van der Waals surface area contributed by atoms with Crippen molar-refractivity contribution in [1.82, 2.24) is 9.97 Å². The topological polar surface area (TPSA) is 59.9 Å². The SMILES string of the molecule is Cc1ccc(-c2cc(C)nc(S(C)(=O)=O)n2)cc1. The van der Waals surface area contributed by atoms with Gasteiger partial charge in [-0.05, 0) is 19.9 Å². The van der Waals surface area contributed by atoms with Gasteiger partial charge in [-0.3, -0.25) is 0 Å². The molecule has 0 saturated heterocycles. The second-order valence-corrected chi connectivity index (χ2v) is 6.22. The highest BCUT2D eigenvalue weighted by Gasteiger charge is 2.13. The van der Waals surface area contributed by atoms with Gasteiger partial charge in [0.05, 0.1) is 5.69 Å². The van der Waals surface area contributed by atoms with Gasteiger partial charge in [0.1, 0.15) is 0 Å². The smallest absolute Gasteiger partial charge is 0.224 e. The number of nitrogens with zero attached hydrogens (tertiary/aromatic N) is 2. The summed E-state index contributed by atoms with van der Waals surface area (Å²) in [7, 11) is -3.39. The van der Waals surface area contributed by atoms with Crippen LogP contribution in [0.2, 0.25) is 0 Å². The van der Waals surface area contributed by atoms with E-state index in [4.69, 9.17) is 0 Å². The lowest BCUT2D eigenvalue weighted by atomic mass is 10.1. The molecule has 1 heterocycles. The highest BCUT2D eigenvalue weighted by Crippen LogP contribution is 2.19. The van der Waals surface area contributed by atoms with Gasteiger partial charge in [-0.25, -0.2) is 18.4 Å². The third kappa shape index (κ3) is 2.73. The Morgan fingerprint density at radius 3 is 2.17 bits per heavy atom. The molecule has 5 heteroatoms. The lowest BCUT2D eigenvalue weighted by Gasteiger charge is -2.05. The molecule has 0 N–H and O–H groups in total. The third-order valence-electron chi connectivity index (χ3n) is 2.51. The lowest BCUT2D eigenvalue weighted by molar-refractivity contribution is 0.592. The minimum atomic E-state index is -3.39. The van der Waals surface area contributed by atoms with Crippen LogP contribution in [-0.4, -0.2) is 24.6 Å². The number of rotatable bonds is 2. The first kappa shape index (κ1) is 12.7. The molecule has 0 aliphatic carbocycles. The fourth-order valence-corrected chi connectivity index (χ4v) is 2.15. The van der Waals surface area contributed by atoms with E-state index in [-0.39, 0.29) is 5.16 Å². The number of hydrogen-bond acceptors (Lipinski definition) is 4. The zero-order chi connectivity index (χ0) is 13.3. The predicted octanol–water partition coefficient (Wildman–Crippen LogP) is 2.16. The summed E-state index contributed by atoms with van der Waals surface area (Å²) in [5.41, 5.74) is 3.30. The van der Waals surface area contributed by atoms with E-state index < -0.39 is 9.84 Å². The van der Waals surface area contributed by atoms with E-state index in [1.165, 1.54) is 0 Å². The highest BCUT2D eigenvalue weighted by molar-refractivity contribution is 7.90. The Morgan fingerprint density at radius 2 is 1.61 bits per heavy atom. The van der Waals surface area contributed by atoms with Crippen LogP contribution in [0.4, 0.5) is 0 Å². The second kappa shape index (κ2) is 4.49. The van der Waals surface area contributed by atoms with Gasteiger partial charge in [0.2, 0.25) is 15.0 Å². The molecule has 0 amide bonds. The Labute approximate surface area is 107 Å². The Morgan fingerprint density at radius 1 is 1.00 bits per heavy atom. The first-order valence-corrected chi connectivity index (χ1v) is 7.38. The Hall–Kier alpha value is -1.75. The van der Waals surface area contributed by atoms with Crippen molar-refractivity contribution in [1.29, 1.82) is 0 Å². The molecule has 0 aliphatic rings. The zero-order valence-electron chi connectivity index (χ0n) is 10.5. The van der Waals surface area contributed by atoms with E-state index in [9.17, 15) is 8.42 Å². The van der Waals surface area contributed by atoms with Gasteiger partial charge in [0.15, 0.2) is 0 Å². The van der Waals surface area contributed by atoms with Gasteiger partial charge in [0.25, 0.3) is 0 Å². The van der Waals surface area contributed by atoms with Crippen molar-refractivity contribution in [2.45, 2.75) is 19.0 Å². The maximum atomic E-state index is 11.5. The Bertz CT molecular complexity index is 677. The number of sulfone groups is 1. The molecule has 0 spiro atoms. The van der Waals surface area contributed by atoms with Crippen LogP contribution in [0.5, 0.6) is 0 Å². The van der Waals surface area contributed by atoms with Crippen molar-refractivity contribution in [2.24, 2.45) is 0 Å². The van der Waals surface area contributed by atoms with Gasteiger partial charge >= 0.3 is 0 Å². The summed E-state index contributed by atoms with van der Waals surface area (Å²) in [6.45, 7) is 3.75. The molecule has 2 aromatic rings. The average Bonchev–Trinajstić information content (AvgIpc) is 2.28. The summed E-state index contributed by atoms with van der Waals surface area (Å²) in [5, 5.41) is -0.127. The average molecular weight is 262 g/mol. The van der Waals surface area contributed by atoms with E-state index in [1.54, 1.807) is 13.0 Å². The molecule has 0 atom stereocenters. The van der Waals surface area contributed by atoms with E-state index in [0.29, 0.717) is 11.4 Å². The van der Waals surface area contributed by atoms with Crippen LogP contribution in [0, 0.1) is 13.8 Å². The summed E-state index contributed by atoms with van der Waals surface area (Å²) in [6.07, 6.45) is 1.11. The fourth-order valence-electron chi connectivity index (χ4n) is 1.58. The molecule has 0 saturated carbocycles. The number of aromatic nitrogens is 2. The minimum Gasteiger partial charge on any atom is -0.224 e. The molecular weight excluding hydrogens is 248 g/mol. The first-order chi connectivity index (χ1) is 8.36. The molecule has 4 nitrogen and oxygen atoms in total.